The summed E-state index contributed by atoms with van der Waals surface area (Å²) in [5.41, 5.74) is 1.10. The van der Waals surface area contributed by atoms with Crippen LogP contribution in [0.5, 0.6) is 0 Å². The van der Waals surface area contributed by atoms with Crippen LogP contribution in [0.3, 0.4) is 0 Å². The summed E-state index contributed by atoms with van der Waals surface area (Å²) >= 11 is 0. The summed E-state index contributed by atoms with van der Waals surface area (Å²) < 4.78 is 5.16. The van der Waals surface area contributed by atoms with Crippen LogP contribution in [0.25, 0.3) is 0 Å². The summed E-state index contributed by atoms with van der Waals surface area (Å²) in [4.78, 5) is 16.9. The molecule has 1 aromatic heterocycles. The largest absolute Gasteiger partial charge is 0.385 e. The molecule has 33 heavy (non-hydrogen) atoms. The van der Waals surface area contributed by atoms with Crippen LogP contribution in [0.15, 0.2) is 36.5 Å². The van der Waals surface area contributed by atoms with Gasteiger partial charge in [-0.15, -0.1) is 5.10 Å². The van der Waals surface area contributed by atoms with Gasteiger partial charge in [0.05, 0.1) is 6.20 Å². The highest BCUT2D eigenvalue weighted by Crippen LogP contribution is 2.50. The molecule has 1 N–H and O–H groups in total. The van der Waals surface area contributed by atoms with E-state index in [-0.39, 0.29) is 11.8 Å². The third-order valence-corrected chi connectivity index (χ3v) is 7.43. The van der Waals surface area contributed by atoms with Crippen molar-refractivity contribution in [2.75, 3.05) is 45.3 Å². The second kappa shape index (κ2) is 9.12. The number of anilines is 1. The summed E-state index contributed by atoms with van der Waals surface area (Å²) in [5, 5.41) is 20.9. The van der Waals surface area contributed by atoms with Crippen LogP contribution in [-0.2, 0) is 15.1 Å². The fourth-order valence-corrected chi connectivity index (χ4v) is 5.53. The van der Waals surface area contributed by atoms with Gasteiger partial charge in [0.15, 0.2) is 5.82 Å². The van der Waals surface area contributed by atoms with E-state index in [1.54, 1.807) is 18.2 Å². The Hall–Kier alpha value is -2.35. The second-order valence-corrected chi connectivity index (χ2v) is 10.3. The van der Waals surface area contributed by atoms with Crippen LogP contribution in [0, 0.1) is 11.3 Å². The Morgan fingerprint density at radius 1 is 1.24 bits per heavy atom. The lowest BCUT2D eigenvalue weighted by Crippen LogP contribution is -2.63. The molecule has 2 aliphatic heterocycles. The van der Waals surface area contributed by atoms with E-state index in [1.807, 2.05) is 18.2 Å². The normalized spacial score (nSPS) is 22.5. The van der Waals surface area contributed by atoms with Gasteiger partial charge in [0.2, 0.25) is 5.91 Å². The number of hydrogen-bond acceptors (Lipinski definition) is 6. The SMILES string of the molecule is COCCC1CCN(c2cc(C(O)(c3ccc(C(C)C)cc3)C3(C)CN(C)C3)cnn2)C1=O. The molecule has 2 unspecified atom stereocenters. The molecule has 2 fully saturated rings. The summed E-state index contributed by atoms with van der Waals surface area (Å²) in [6, 6.07) is 10.1. The number of aliphatic hydroxyl groups is 1. The highest BCUT2D eigenvalue weighted by Gasteiger charge is 2.55. The zero-order chi connectivity index (χ0) is 23.8. The van der Waals surface area contributed by atoms with Gasteiger partial charge in [0, 0.05) is 50.2 Å². The van der Waals surface area contributed by atoms with Crippen LogP contribution in [0.4, 0.5) is 5.82 Å². The fourth-order valence-electron chi connectivity index (χ4n) is 5.53. The van der Waals surface area contributed by atoms with Crippen molar-refractivity contribution in [2.45, 2.75) is 45.1 Å². The fraction of sp³-hybridized carbons (Fsp3) is 0.577. The van der Waals surface area contributed by atoms with Gasteiger partial charge < -0.3 is 14.7 Å². The van der Waals surface area contributed by atoms with E-state index in [0.717, 1.165) is 25.1 Å². The van der Waals surface area contributed by atoms with Crippen molar-refractivity contribution >= 4 is 11.7 Å². The van der Waals surface area contributed by atoms with E-state index in [1.165, 1.54) is 5.56 Å². The van der Waals surface area contributed by atoms with Crippen LogP contribution in [-0.4, -0.2) is 66.5 Å². The number of hydrogen-bond donors (Lipinski definition) is 1. The molecule has 2 aliphatic rings. The number of likely N-dealkylation sites (tertiary alicyclic amines) is 1. The number of carbonyl (C=O) groups excluding carboxylic acids is 1. The average Bonchev–Trinajstić information content (AvgIpc) is 3.16. The zero-order valence-corrected chi connectivity index (χ0v) is 20.4. The molecule has 1 aromatic carbocycles. The predicted octanol–water partition coefficient (Wildman–Crippen LogP) is 3.18. The van der Waals surface area contributed by atoms with Gasteiger partial charge >= 0.3 is 0 Å². The van der Waals surface area contributed by atoms with Crippen molar-refractivity contribution in [3.63, 3.8) is 0 Å². The number of methoxy groups -OCH3 is 1. The molecule has 7 nitrogen and oxygen atoms in total. The first-order valence-electron chi connectivity index (χ1n) is 11.8. The smallest absolute Gasteiger partial charge is 0.231 e. The number of rotatable bonds is 8. The van der Waals surface area contributed by atoms with Gasteiger partial charge in [-0.1, -0.05) is 45.0 Å². The first kappa shape index (κ1) is 23.8. The van der Waals surface area contributed by atoms with Crippen LogP contribution in [0.2, 0.25) is 0 Å². The van der Waals surface area contributed by atoms with E-state index in [9.17, 15) is 9.90 Å². The van der Waals surface area contributed by atoms with Gasteiger partial charge in [-0.2, -0.15) is 5.10 Å². The van der Waals surface area contributed by atoms with E-state index >= 15 is 0 Å². The quantitative estimate of drug-likeness (QED) is 0.663. The lowest BCUT2D eigenvalue weighted by molar-refractivity contribution is -0.127. The molecule has 0 spiro atoms. The monoisotopic (exact) mass is 452 g/mol. The lowest BCUT2D eigenvalue weighted by atomic mass is 9.62. The molecule has 0 aliphatic carbocycles. The maximum atomic E-state index is 13.0. The first-order valence-corrected chi connectivity index (χ1v) is 11.8. The van der Waals surface area contributed by atoms with Gasteiger partial charge in [-0.05, 0) is 43.0 Å². The number of benzene rings is 1. The van der Waals surface area contributed by atoms with Gasteiger partial charge in [-0.25, -0.2) is 0 Å². The average molecular weight is 453 g/mol. The van der Waals surface area contributed by atoms with Crippen LogP contribution in [0.1, 0.15) is 56.2 Å². The predicted molar refractivity (Wildman–Crippen MR) is 128 cm³/mol. The minimum Gasteiger partial charge on any atom is -0.385 e. The summed E-state index contributed by atoms with van der Waals surface area (Å²) in [5.74, 6) is 0.915. The van der Waals surface area contributed by atoms with Gasteiger partial charge in [0.1, 0.15) is 5.60 Å². The van der Waals surface area contributed by atoms with Crippen molar-refractivity contribution in [2.24, 2.45) is 11.3 Å². The molecule has 2 atom stereocenters. The molecule has 0 radical (unpaired) electrons. The van der Waals surface area contributed by atoms with Crippen molar-refractivity contribution < 1.29 is 14.6 Å². The number of aromatic nitrogens is 2. The first-order chi connectivity index (χ1) is 15.7. The maximum Gasteiger partial charge on any atom is 0.231 e. The van der Waals surface area contributed by atoms with E-state index in [2.05, 4.69) is 55.0 Å². The molecule has 0 bridgehead atoms. The van der Waals surface area contributed by atoms with Crippen molar-refractivity contribution in [1.82, 2.24) is 15.1 Å². The van der Waals surface area contributed by atoms with E-state index in [4.69, 9.17) is 4.74 Å². The van der Waals surface area contributed by atoms with Crippen molar-refractivity contribution in [3.8, 4) is 0 Å². The lowest BCUT2D eigenvalue weighted by Gasteiger charge is -2.55. The van der Waals surface area contributed by atoms with Crippen molar-refractivity contribution in [3.05, 3.63) is 53.2 Å². The molecule has 0 saturated carbocycles. The van der Waals surface area contributed by atoms with Crippen LogP contribution < -0.4 is 4.90 Å². The van der Waals surface area contributed by atoms with E-state index < -0.39 is 11.0 Å². The Balaban J connectivity index is 1.71. The molecule has 4 rings (SSSR count). The Bertz CT molecular complexity index is 987. The topological polar surface area (TPSA) is 78.8 Å². The van der Waals surface area contributed by atoms with E-state index in [0.29, 0.717) is 36.9 Å². The third kappa shape index (κ3) is 4.18. The standard InChI is InChI=1S/C26H36N4O3/c1-18(2)19-6-8-21(9-7-19)26(32,25(3)16-29(4)17-25)22-14-23(28-27-15-22)30-12-10-20(24(30)31)11-13-33-5/h6-9,14-15,18,20,32H,10-13,16-17H2,1-5H3. The number of carbonyl (C=O) groups is 1. The molecular formula is C26H36N4O3. The minimum absolute atomic E-state index is 0.0536. The molecule has 2 saturated heterocycles. The van der Waals surface area contributed by atoms with Gasteiger partial charge in [0.25, 0.3) is 0 Å². The minimum atomic E-state index is -1.25. The van der Waals surface area contributed by atoms with Crippen molar-refractivity contribution in [1.29, 1.82) is 0 Å². The summed E-state index contributed by atoms with van der Waals surface area (Å²) in [6.07, 6.45) is 3.12. The Morgan fingerprint density at radius 2 is 1.94 bits per heavy atom. The Kier molecular flexibility index (Phi) is 6.58. The van der Waals surface area contributed by atoms with Crippen LogP contribution >= 0.6 is 0 Å². The number of amides is 1. The third-order valence-electron chi connectivity index (χ3n) is 7.43. The molecule has 7 heteroatoms. The molecule has 2 aromatic rings. The Morgan fingerprint density at radius 3 is 2.55 bits per heavy atom. The zero-order valence-electron chi connectivity index (χ0n) is 20.4. The Labute approximate surface area is 196 Å². The van der Waals surface area contributed by atoms with Gasteiger partial charge in [-0.3, -0.25) is 9.69 Å². The molecule has 1 amide bonds. The summed E-state index contributed by atoms with van der Waals surface area (Å²) in [7, 11) is 3.71. The highest BCUT2D eigenvalue weighted by atomic mass is 16.5. The molecule has 3 heterocycles. The molecule has 178 valence electrons. The highest BCUT2D eigenvalue weighted by molar-refractivity contribution is 5.96. The molecular weight excluding hydrogens is 416 g/mol. The second-order valence-electron chi connectivity index (χ2n) is 10.3. The number of nitrogens with zero attached hydrogens (tertiary/aromatic N) is 4. The number of ether oxygens (including phenoxy) is 1. The maximum absolute atomic E-state index is 13.0. The summed E-state index contributed by atoms with van der Waals surface area (Å²) in [6.45, 7) is 9.13.